The molecule has 2 amide bonds. The van der Waals surface area contributed by atoms with Gasteiger partial charge in [0.05, 0.1) is 18.7 Å². The Bertz CT molecular complexity index is 2110. The summed E-state index contributed by atoms with van der Waals surface area (Å²) >= 11 is 2.25. The van der Waals surface area contributed by atoms with Crippen LogP contribution in [0.15, 0.2) is 77.0 Å². The second kappa shape index (κ2) is 14.8. The van der Waals surface area contributed by atoms with Crippen LogP contribution >= 0.6 is 22.6 Å². The molecule has 4 aromatic rings. The van der Waals surface area contributed by atoms with Crippen molar-refractivity contribution in [3.63, 3.8) is 0 Å². The van der Waals surface area contributed by atoms with E-state index >= 15 is 0 Å². The second-order valence-corrected chi connectivity index (χ2v) is 16.2. The minimum Gasteiger partial charge on any atom is -0.497 e. The molecule has 6 heterocycles. The smallest absolute Gasteiger partial charge is 0.253 e. The molecule has 12 heteroatoms. The number of hydrogen-bond donors (Lipinski definition) is 2. The first-order valence-corrected chi connectivity index (χ1v) is 19.8. The third-order valence-corrected chi connectivity index (χ3v) is 12.8. The lowest BCUT2D eigenvalue weighted by molar-refractivity contribution is -0.139. The van der Waals surface area contributed by atoms with E-state index < -0.39 is 22.9 Å². The number of carbonyl (C=O) groups excluding carboxylic acids is 2. The van der Waals surface area contributed by atoms with Gasteiger partial charge in [-0.1, -0.05) is 18.2 Å². The molecule has 276 valence electrons. The number of aromatic nitrogens is 1. The van der Waals surface area contributed by atoms with Gasteiger partial charge in [-0.15, -0.1) is 6.58 Å². The SMILES string of the molecule is C=CC1CN2CCC1CC2C(Nc1c(N2CCCC2C(=O)N2CCCC2C(=O)NCc2ccc(I)cc2)c(=O)c1=O)c1ccnc2ccc(OC)cc12. The van der Waals surface area contributed by atoms with Crippen LogP contribution in [0.4, 0.5) is 11.4 Å². The molecule has 1 aromatic heterocycles. The predicted molar refractivity (Wildman–Crippen MR) is 214 cm³/mol. The molecular weight excluding hydrogens is 783 g/mol. The molecule has 9 rings (SSSR count). The Morgan fingerprint density at radius 2 is 1.81 bits per heavy atom. The summed E-state index contributed by atoms with van der Waals surface area (Å²) in [6.07, 6.45) is 8.43. The maximum absolute atomic E-state index is 14.3. The number of pyridine rings is 1. The number of anilines is 2. The topological polar surface area (TPSA) is 124 Å². The molecule has 5 saturated heterocycles. The van der Waals surface area contributed by atoms with E-state index in [4.69, 9.17) is 4.74 Å². The molecular formula is C41H45IN6O5. The fourth-order valence-corrected chi connectivity index (χ4v) is 9.65. The van der Waals surface area contributed by atoms with E-state index in [0.29, 0.717) is 56.5 Å². The molecule has 7 unspecified atom stereocenters. The number of methoxy groups -OCH3 is 1. The number of rotatable bonds is 11. The first-order valence-electron chi connectivity index (χ1n) is 18.7. The van der Waals surface area contributed by atoms with E-state index in [1.807, 2.05) is 53.4 Å². The van der Waals surface area contributed by atoms with Crippen molar-refractivity contribution < 1.29 is 14.3 Å². The Hall–Kier alpha value is -4.30. The lowest BCUT2D eigenvalue weighted by Crippen LogP contribution is -2.57. The van der Waals surface area contributed by atoms with Crippen LogP contribution in [0.25, 0.3) is 10.9 Å². The fourth-order valence-electron chi connectivity index (χ4n) is 9.29. The van der Waals surface area contributed by atoms with Gasteiger partial charge in [0.15, 0.2) is 0 Å². The van der Waals surface area contributed by atoms with Crippen LogP contribution in [0.3, 0.4) is 0 Å². The van der Waals surface area contributed by atoms with Gasteiger partial charge >= 0.3 is 0 Å². The van der Waals surface area contributed by atoms with Crippen molar-refractivity contribution in [2.45, 2.75) is 69.2 Å². The molecule has 7 atom stereocenters. The molecule has 3 aromatic carbocycles. The van der Waals surface area contributed by atoms with E-state index in [0.717, 1.165) is 58.0 Å². The van der Waals surface area contributed by atoms with Gasteiger partial charge in [0.2, 0.25) is 11.8 Å². The number of halogens is 1. The quantitative estimate of drug-likeness (QED) is 0.125. The number of carbonyl (C=O) groups is 2. The van der Waals surface area contributed by atoms with E-state index in [2.05, 4.69) is 55.8 Å². The normalized spacial score (nSPS) is 25.8. The third kappa shape index (κ3) is 6.62. The number of likely N-dealkylation sites (tertiary alicyclic amines) is 1. The highest BCUT2D eigenvalue weighted by Crippen LogP contribution is 2.44. The number of benzene rings is 2. The summed E-state index contributed by atoms with van der Waals surface area (Å²) in [4.78, 5) is 65.5. The number of ether oxygens (including phenoxy) is 1. The zero-order valence-electron chi connectivity index (χ0n) is 29.9. The van der Waals surface area contributed by atoms with Crippen molar-refractivity contribution in [1.82, 2.24) is 20.1 Å². The summed E-state index contributed by atoms with van der Waals surface area (Å²) < 4.78 is 6.72. The van der Waals surface area contributed by atoms with Crippen LogP contribution in [0.2, 0.25) is 0 Å². The number of hydrogen-bond acceptors (Lipinski definition) is 9. The lowest BCUT2D eigenvalue weighted by atomic mass is 9.73. The molecule has 5 fully saturated rings. The van der Waals surface area contributed by atoms with Gasteiger partial charge in [0.25, 0.3) is 10.9 Å². The van der Waals surface area contributed by atoms with E-state index in [1.165, 1.54) is 0 Å². The molecule has 2 bridgehead atoms. The maximum Gasteiger partial charge on any atom is 0.253 e. The van der Waals surface area contributed by atoms with E-state index in [1.54, 1.807) is 18.2 Å². The Balaban J connectivity index is 1.08. The van der Waals surface area contributed by atoms with Crippen LogP contribution in [0.5, 0.6) is 5.75 Å². The van der Waals surface area contributed by atoms with Gasteiger partial charge in [-0.3, -0.25) is 29.1 Å². The van der Waals surface area contributed by atoms with Gasteiger partial charge in [-0.2, -0.15) is 0 Å². The third-order valence-electron chi connectivity index (χ3n) is 12.1. The van der Waals surface area contributed by atoms with E-state index in [9.17, 15) is 19.2 Å². The Labute approximate surface area is 322 Å². The van der Waals surface area contributed by atoms with Gasteiger partial charge < -0.3 is 25.2 Å². The first kappa shape index (κ1) is 35.7. The van der Waals surface area contributed by atoms with Gasteiger partial charge in [-0.05, 0) is 127 Å². The molecule has 0 aliphatic carbocycles. The summed E-state index contributed by atoms with van der Waals surface area (Å²) in [6, 6.07) is 14.3. The van der Waals surface area contributed by atoms with Crippen LogP contribution in [-0.2, 0) is 16.1 Å². The van der Waals surface area contributed by atoms with Crippen LogP contribution in [0.1, 0.15) is 55.7 Å². The molecule has 5 aliphatic rings. The summed E-state index contributed by atoms with van der Waals surface area (Å²) in [5, 5.41) is 7.58. The molecule has 2 N–H and O–H groups in total. The molecule has 0 saturated carbocycles. The number of piperidine rings is 3. The van der Waals surface area contributed by atoms with Crippen LogP contribution in [-0.4, -0.2) is 78.0 Å². The minimum absolute atomic E-state index is 0.0541. The average molecular weight is 829 g/mol. The van der Waals surface area contributed by atoms with Crippen LogP contribution in [0, 0.1) is 15.4 Å². The average Bonchev–Trinajstić information content (AvgIpc) is 3.89. The van der Waals surface area contributed by atoms with Gasteiger partial charge in [0, 0.05) is 47.4 Å². The Morgan fingerprint density at radius 3 is 2.57 bits per heavy atom. The summed E-state index contributed by atoms with van der Waals surface area (Å²) in [5.41, 5.74) is 2.20. The monoisotopic (exact) mass is 828 g/mol. The largest absolute Gasteiger partial charge is 0.497 e. The Morgan fingerprint density at radius 1 is 1.02 bits per heavy atom. The zero-order valence-corrected chi connectivity index (χ0v) is 32.1. The predicted octanol–water partition coefficient (Wildman–Crippen LogP) is 4.77. The summed E-state index contributed by atoms with van der Waals surface area (Å²) in [7, 11) is 1.64. The number of amides is 2. The molecule has 53 heavy (non-hydrogen) atoms. The standard InChI is InChI=1S/C41H45IN6O5/c1-3-25-23-46-19-15-26(25)20-34(46)35(29-14-16-43-31-13-12-28(53-2)21-30(29)31)45-36-37(39(50)38(36)49)47-17-5-7-33(47)41(52)48-18-4-6-32(48)40(51)44-22-24-8-10-27(42)11-9-24/h3,8-14,16,21,25-26,32-35,45H,1,4-7,15,17-20,22-23H2,2H3,(H,44,51). The van der Waals surface area contributed by atoms with Crippen LogP contribution < -0.4 is 31.1 Å². The van der Waals surface area contributed by atoms with Crippen molar-refractivity contribution in [2.24, 2.45) is 11.8 Å². The van der Waals surface area contributed by atoms with Crippen molar-refractivity contribution >= 4 is 56.7 Å². The molecule has 0 radical (unpaired) electrons. The molecule has 11 nitrogen and oxygen atoms in total. The highest BCUT2D eigenvalue weighted by atomic mass is 127. The maximum atomic E-state index is 14.3. The number of nitrogens with zero attached hydrogens (tertiary/aromatic N) is 4. The second-order valence-electron chi connectivity index (χ2n) is 14.9. The molecule has 5 aliphatic heterocycles. The number of nitrogens with one attached hydrogen (secondary N) is 2. The lowest BCUT2D eigenvalue weighted by Gasteiger charge is -2.52. The minimum atomic E-state index is -0.629. The highest BCUT2D eigenvalue weighted by molar-refractivity contribution is 14.1. The van der Waals surface area contributed by atoms with Gasteiger partial charge in [0.1, 0.15) is 29.2 Å². The fraction of sp³-hybridized carbons (Fsp3) is 0.439. The number of fused-ring (bicyclic) bond motifs is 4. The zero-order chi connectivity index (χ0) is 36.8. The van der Waals surface area contributed by atoms with Crippen molar-refractivity contribution in [1.29, 1.82) is 0 Å². The summed E-state index contributed by atoms with van der Waals surface area (Å²) in [5.74, 6) is 1.26. The Kier molecular flexibility index (Phi) is 10.0. The van der Waals surface area contributed by atoms with Gasteiger partial charge in [-0.25, -0.2) is 0 Å². The van der Waals surface area contributed by atoms with E-state index in [-0.39, 0.29) is 35.3 Å². The first-order chi connectivity index (χ1) is 25.7. The van der Waals surface area contributed by atoms with Crippen molar-refractivity contribution in [3.8, 4) is 5.75 Å². The summed E-state index contributed by atoms with van der Waals surface area (Å²) in [6.45, 7) is 7.29. The van der Waals surface area contributed by atoms with Crippen molar-refractivity contribution in [2.75, 3.05) is 43.5 Å². The molecule has 0 spiro atoms. The highest BCUT2D eigenvalue weighted by Gasteiger charge is 2.46. The van der Waals surface area contributed by atoms with Crippen molar-refractivity contribution in [3.05, 3.63) is 103 Å².